The summed E-state index contributed by atoms with van der Waals surface area (Å²) in [6, 6.07) is 16.6. The number of fused-ring (bicyclic) bond motifs is 4. The maximum atomic E-state index is 13.1. The van der Waals surface area contributed by atoms with Crippen LogP contribution in [0.5, 0.6) is 0 Å². The zero-order valence-corrected chi connectivity index (χ0v) is 16.0. The molecule has 0 aliphatic carbocycles. The van der Waals surface area contributed by atoms with Crippen LogP contribution < -0.4 is 4.90 Å². The summed E-state index contributed by atoms with van der Waals surface area (Å²) < 4.78 is 0.654. The molecule has 0 bridgehead atoms. The molecule has 2 aromatic carbocycles. The number of carbonyl (C=O) groups excluding carboxylic acids is 1. The standard InChI is InChI=1S/C20H17BrN2OS/c21-15-9-4-8-14-12-20(16-10-5-11-23(16)17(14)15)19(24)22-18(25-20)13-6-2-1-3-7-13/h1-4,6-9,16H,5,10-12H2. The highest BCUT2D eigenvalue weighted by Gasteiger charge is 2.57. The van der Waals surface area contributed by atoms with Gasteiger partial charge in [0.15, 0.2) is 0 Å². The third-order valence-electron chi connectivity index (χ3n) is 5.47. The number of hydrogen-bond donors (Lipinski definition) is 0. The van der Waals surface area contributed by atoms with Gasteiger partial charge in [0.2, 0.25) is 0 Å². The number of amides is 1. The van der Waals surface area contributed by atoms with Crippen LogP contribution in [0.15, 0.2) is 58.0 Å². The number of anilines is 1. The number of hydrogen-bond acceptors (Lipinski definition) is 3. The summed E-state index contributed by atoms with van der Waals surface area (Å²) in [6.07, 6.45) is 2.94. The molecular formula is C20H17BrN2OS. The van der Waals surface area contributed by atoms with Crippen LogP contribution in [0.4, 0.5) is 5.69 Å². The van der Waals surface area contributed by atoms with Crippen LogP contribution in [-0.4, -0.2) is 28.3 Å². The molecule has 5 heteroatoms. The minimum absolute atomic E-state index is 0.0406. The molecule has 0 saturated carbocycles. The first-order valence-electron chi connectivity index (χ1n) is 8.61. The normalized spacial score (nSPS) is 27.4. The molecule has 1 amide bonds. The second-order valence-corrected chi connectivity index (χ2v) is 9.03. The quantitative estimate of drug-likeness (QED) is 0.694. The Labute approximate surface area is 159 Å². The maximum absolute atomic E-state index is 13.1. The Morgan fingerprint density at radius 3 is 2.84 bits per heavy atom. The van der Waals surface area contributed by atoms with Crippen molar-refractivity contribution in [2.45, 2.75) is 30.1 Å². The first kappa shape index (κ1) is 15.6. The first-order valence-corrected chi connectivity index (χ1v) is 10.2. The van der Waals surface area contributed by atoms with Crippen LogP contribution in [0.1, 0.15) is 24.0 Å². The Morgan fingerprint density at radius 2 is 2.00 bits per heavy atom. The van der Waals surface area contributed by atoms with Crippen molar-refractivity contribution in [3.05, 3.63) is 64.1 Å². The maximum Gasteiger partial charge on any atom is 0.265 e. The van der Waals surface area contributed by atoms with Gasteiger partial charge in [-0.3, -0.25) is 4.79 Å². The van der Waals surface area contributed by atoms with E-state index in [9.17, 15) is 4.79 Å². The number of rotatable bonds is 1. The van der Waals surface area contributed by atoms with E-state index in [0.717, 1.165) is 40.9 Å². The smallest absolute Gasteiger partial charge is 0.265 e. The summed E-state index contributed by atoms with van der Waals surface area (Å²) in [5.41, 5.74) is 3.57. The Bertz CT molecular complexity index is 898. The molecular weight excluding hydrogens is 396 g/mol. The number of halogens is 1. The molecule has 3 heterocycles. The van der Waals surface area contributed by atoms with Crippen molar-refractivity contribution in [3.8, 4) is 0 Å². The third kappa shape index (κ3) is 2.25. The number of benzene rings is 2. The van der Waals surface area contributed by atoms with Gasteiger partial charge in [-0.25, -0.2) is 4.99 Å². The van der Waals surface area contributed by atoms with Gasteiger partial charge in [0.05, 0.1) is 11.7 Å². The third-order valence-corrected chi connectivity index (χ3v) is 7.58. The van der Waals surface area contributed by atoms with E-state index < -0.39 is 4.75 Å². The second kappa shape index (κ2) is 5.71. The van der Waals surface area contributed by atoms with Crippen LogP contribution in [0.2, 0.25) is 0 Å². The highest BCUT2D eigenvalue weighted by atomic mass is 79.9. The Morgan fingerprint density at radius 1 is 1.16 bits per heavy atom. The van der Waals surface area contributed by atoms with Crippen molar-refractivity contribution < 1.29 is 4.79 Å². The summed E-state index contributed by atoms with van der Waals surface area (Å²) in [5, 5.41) is 0.871. The lowest BCUT2D eigenvalue weighted by atomic mass is 9.84. The molecule has 1 fully saturated rings. The van der Waals surface area contributed by atoms with Gasteiger partial charge >= 0.3 is 0 Å². The summed E-state index contributed by atoms with van der Waals surface area (Å²) in [4.78, 5) is 20.1. The van der Waals surface area contributed by atoms with Crippen LogP contribution in [0.3, 0.4) is 0 Å². The Hall–Kier alpha value is -1.59. The lowest BCUT2D eigenvalue weighted by Gasteiger charge is -2.44. The molecule has 25 heavy (non-hydrogen) atoms. The van der Waals surface area contributed by atoms with E-state index >= 15 is 0 Å². The van der Waals surface area contributed by atoms with Gasteiger partial charge in [0, 0.05) is 23.0 Å². The Kier molecular flexibility index (Phi) is 3.57. The highest BCUT2D eigenvalue weighted by molar-refractivity contribution is 9.10. The van der Waals surface area contributed by atoms with Crippen LogP contribution in [0.25, 0.3) is 0 Å². The minimum atomic E-state index is -0.477. The van der Waals surface area contributed by atoms with Gasteiger partial charge in [-0.15, -0.1) is 0 Å². The zero-order valence-electron chi connectivity index (χ0n) is 13.6. The van der Waals surface area contributed by atoms with Crippen molar-refractivity contribution in [2.24, 2.45) is 4.99 Å². The second-order valence-electron chi connectivity index (χ2n) is 6.86. The molecule has 0 radical (unpaired) electrons. The average Bonchev–Trinajstić information content (AvgIpc) is 3.23. The van der Waals surface area contributed by atoms with Crippen LogP contribution in [0, 0.1) is 0 Å². The molecule has 126 valence electrons. The predicted molar refractivity (Wildman–Crippen MR) is 107 cm³/mol. The number of nitrogens with zero attached hydrogens (tertiary/aromatic N) is 2. The lowest BCUT2D eigenvalue weighted by Crippen LogP contribution is -2.55. The monoisotopic (exact) mass is 412 g/mol. The van der Waals surface area contributed by atoms with E-state index in [1.54, 1.807) is 11.8 Å². The van der Waals surface area contributed by atoms with E-state index in [2.05, 4.69) is 44.0 Å². The molecule has 0 aromatic heterocycles. The predicted octanol–water partition coefficient (Wildman–Crippen LogP) is 4.43. The van der Waals surface area contributed by atoms with Crippen molar-refractivity contribution in [1.82, 2.24) is 0 Å². The van der Waals surface area contributed by atoms with Gasteiger partial charge in [-0.05, 0) is 40.4 Å². The first-order chi connectivity index (χ1) is 12.2. The fourth-order valence-electron chi connectivity index (χ4n) is 4.40. The van der Waals surface area contributed by atoms with Crippen molar-refractivity contribution >= 4 is 44.3 Å². The molecule has 2 aromatic rings. The molecule has 5 rings (SSSR count). The Balaban J connectivity index is 1.60. The van der Waals surface area contributed by atoms with Crippen molar-refractivity contribution in [3.63, 3.8) is 0 Å². The summed E-state index contributed by atoms with van der Waals surface area (Å²) >= 11 is 5.40. The summed E-state index contributed by atoms with van der Waals surface area (Å²) in [5.74, 6) is 0.0406. The molecule has 1 saturated heterocycles. The van der Waals surface area contributed by atoms with E-state index in [-0.39, 0.29) is 11.9 Å². The SMILES string of the molecule is O=C1N=C(c2ccccc2)SC12Cc1cccc(Br)c1N1CCCC12. The van der Waals surface area contributed by atoms with Gasteiger partial charge in [0.25, 0.3) is 5.91 Å². The fourth-order valence-corrected chi connectivity index (χ4v) is 6.50. The highest BCUT2D eigenvalue weighted by Crippen LogP contribution is 2.53. The number of carbonyl (C=O) groups is 1. The lowest BCUT2D eigenvalue weighted by molar-refractivity contribution is -0.120. The van der Waals surface area contributed by atoms with Gasteiger partial charge in [0.1, 0.15) is 9.79 Å². The minimum Gasteiger partial charge on any atom is -0.365 e. The van der Waals surface area contributed by atoms with E-state index in [4.69, 9.17) is 0 Å². The molecule has 0 N–H and O–H groups in total. The molecule has 1 spiro atoms. The topological polar surface area (TPSA) is 32.7 Å². The zero-order chi connectivity index (χ0) is 17.0. The molecule has 3 aliphatic rings. The number of para-hydroxylation sites is 1. The van der Waals surface area contributed by atoms with E-state index in [1.165, 1.54) is 11.3 Å². The molecule has 3 aliphatic heterocycles. The van der Waals surface area contributed by atoms with E-state index in [0.29, 0.717) is 0 Å². The van der Waals surface area contributed by atoms with Gasteiger partial charge in [-0.2, -0.15) is 0 Å². The van der Waals surface area contributed by atoms with Crippen LogP contribution in [-0.2, 0) is 11.2 Å². The van der Waals surface area contributed by atoms with Crippen LogP contribution >= 0.6 is 27.7 Å². The molecule has 2 atom stereocenters. The molecule has 2 unspecified atom stereocenters. The number of thioether (sulfide) groups is 1. The van der Waals surface area contributed by atoms with E-state index in [1.807, 2.05) is 30.3 Å². The van der Waals surface area contributed by atoms with Gasteiger partial charge in [-0.1, -0.05) is 54.2 Å². The number of aliphatic imine (C=N–C) groups is 1. The summed E-state index contributed by atoms with van der Waals surface area (Å²) in [7, 11) is 0. The average molecular weight is 413 g/mol. The van der Waals surface area contributed by atoms with Gasteiger partial charge < -0.3 is 4.90 Å². The summed E-state index contributed by atoms with van der Waals surface area (Å²) in [6.45, 7) is 1.01. The fraction of sp³-hybridized carbons (Fsp3) is 0.300. The van der Waals surface area contributed by atoms with Crippen molar-refractivity contribution in [2.75, 3.05) is 11.4 Å². The van der Waals surface area contributed by atoms with Crippen molar-refractivity contribution in [1.29, 1.82) is 0 Å². The molecule has 3 nitrogen and oxygen atoms in total. The largest absolute Gasteiger partial charge is 0.365 e.